The van der Waals surface area contributed by atoms with Gasteiger partial charge in [-0.05, 0) is 47.9 Å². The van der Waals surface area contributed by atoms with E-state index in [-0.39, 0.29) is 33.3 Å². The molecule has 5 rings (SSSR count). The van der Waals surface area contributed by atoms with Crippen LogP contribution >= 0.6 is 0 Å². The number of rotatable bonds is 4. The monoisotopic (exact) mass is 540 g/mol. The average Bonchev–Trinajstić information content (AvgIpc) is 2.85. The van der Waals surface area contributed by atoms with Gasteiger partial charge in [0.05, 0.1) is 10.6 Å². The molecule has 0 aliphatic heterocycles. The quantitative estimate of drug-likeness (QED) is 0.0884. The first-order valence-corrected chi connectivity index (χ1v) is 13.3. The summed E-state index contributed by atoms with van der Waals surface area (Å²) >= 11 is 0. The lowest BCUT2D eigenvalue weighted by Crippen LogP contribution is -2.00. The van der Waals surface area contributed by atoms with Crippen molar-refractivity contribution in [1.82, 2.24) is 0 Å². The molecule has 11 nitrogen and oxygen atoms in total. The fraction of sp³-hybridized carbons (Fsp3) is 0. The van der Waals surface area contributed by atoms with Crippen LogP contribution in [0.4, 0.5) is 11.4 Å². The van der Waals surface area contributed by atoms with Gasteiger partial charge >= 0.3 is 0 Å². The molecule has 5 aromatic carbocycles. The lowest BCUT2D eigenvalue weighted by atomic mass is 10.0. The Morgan fingerprint density at radius 1 is 0.568 bits per heavy atom. The summed E-state index contributed by atoms with van der Waals surface area (Å²) in [6.07, 6.45) is 0. The van der Waals surface area contributed by atoms with E-state index in [9.17, 15) is 41.3 Å². The van der Waals surface area contributed by atoms with Crippen LogP contribution in [0.1, 0.15) is 0 Å². The number of phenols is 3. The fourth-order valence-electron chi connectivity index (χ4n) is 4.07. The van der Waals surface area contributed by atoms with Crippen molar-refractivity contribution in [2.45, 2.75) is 9.79 Å². The van der Waals surface area contributed by atoms with Crippen LogP contribution in [0.2, 0.25) is 0 Å². The lowest BCUT2D eigenvalue weighted by molar-refractivity contribution is 0.472. The summed E-state index contributed by atoms with van der Waals surface area (Å²) in [5.41, 5.74) is -0.514. The molecule has 5 N–H and O–H groups in total. The van der Waals surface area contributed by atoms with Crippen LogP contribution in [0.15, 0.2) is 86.7 Å². The van der Waals surface area contributed by atoms with Crippen molar-refractivity contribution in [3.63, 3.8) is 0 Å². The van der Waals surface area contributed by atoms with E-state index in [1.165, 1.54) is 18.2 Å². The number of fused-ring (bicyclic) bond motifs is 3. The first-order valence-electron chi connectivity index (χ1n) is 10.4. The van der Waals surface area contributed by atoms with Crippen molar-refractivity contribution < 1.29 is 41.3 Å². The van der Waals surface area contributed by atoms with Crippen molar-refractivity contribution in [3.05, 3.63) is 66.7 Å². The Bertz CT molecular complexity index is 2020. The Labute approximate surface area is 209 Å². The summed E-state index contributed by atoms with van der Waals surface area (Å²) in [5, 5.41) is 41.1. The number of azo groups is 1. The number of benzene rings is 5. The summed E-state index contributed by atoms with van der Waals surface area (Å²) in [6, 6.07) is 14.9. The minimum atomic E-state index is -4.97. The summed E-state index contributed by atoms with van der Waals surface area (Å²) in [5.74, 6) is -0.901. The molecular formula is C24H16N2O9S2. The molecule has 13 heteroatoms. The van der Waals surface area contributed by atoms with Gasteiger partial charge in [0, 0.05) is 26.9 Å². The molecule has 0 amide bonds. The van der Waals surface area contributed by atoms with Crippen LogP contribution in [0, 0.1) is 0 Å². The largest absolute Gasteiger partial charge is 0.507 e. The zero-order valence-electron chi connectivity index (χ0n) is 18.4. The van der Waals surface area contributed by atoms with Gasteiger partial charge in [0.2, 0.25) is 0 Å². The summed E-state index contributed by atoms with van der Waals surface area (Å²) < 4.78 is 65.9. The molecule has 0 bridgehead atoms. The van der Waals surface area contributed by atoms with E-state index in [0.29, 0.717) is 16.2 Å². The third-order valence-corrected chi connectivity index (χ3v) is 7.53. The van der Waals surface area contributed by atoms with Gasteiger partial charge in [0.25, 0.3) is 20.2 Å². The second-order valence-corrected chi connectivity index (χ2v) is 10.9. The number of hydrogen-bond donors (Lipinski definition) is 5. The van der Waals surface area contributed by atoms with Crippen LogP contribution in [-0.2, 0) is 20.2 Å². The lowest BCUT2D eigenvalue weighted by Gasteiger charge is -2.10. The first-order chi connectivity index (χ1) is 17.4. The standard InChI is InChI=1S/C24H16N2O9S2/c27-22-16-3-1-2-4-17(16)23(28)19-11-13(5-7-18(19)22)25-26-21-20(37(33,34)35)10-12-9-14(36(30,31)32)6-8-15(12)24(21)29/h1-11,27-29H,(H,30,31,32)(H,33,34,35). The smallest absolute Gasteiger partial charge is 0.296 e. The van der Waals surface area contributed by atoms with Crippen LogP contribution < -0.4 is 0 Å². The zero-order chi connectivity index (χ0) is 26.7. The molecule has 37 heavy (non-hydrogen) atoms. The molecule has 0 heterocycles. The second-order valence-electron chi connectivity index (χ2n) is 8.08. The number of phenolic OH excluding ortho intramolecular Hbond substituents is 3. The highest BCUT2D eigenvalue weighted by atomic mass is 32.2. The van der Waals surface area contributed by atoms with E-state index in [1.807, 2.05) is 0 Å². The van der Waals surface area contributed by atoms with Crippen molar-refractivity contribution in [2.75, 3.05) is 0 Å². The topological polar surface area (TPSA) is 194 Å². The van der Waals surface area contributed by atoms with E-state index < -0.39 is 41.5 Å². The maximum absolute atomic E-state index is 12.0. The van der Waals surface area contributed by atoms with Gasteiger partial charge < -0.3 is 15.3 Å². The van der Waals surface area contributed by atoms with Gasteiger partial charge in [-0.25, -0.2) is 0 Å². The first kappa shape index (κ1) is 24.4. The van der Waals surface area contributed by atoms with Gasteiger partial charge in [-0.2, -0.15) is 21.9 Å². The zero-order valence-corrected chi connectivity index (χ0v) is 20.1. The molecule has 0 atom stereocenters. The minimum absolute atomic E-state index is 0.0266. The Morgan fingerprint density at radius 2 is 1.16 bits per heavy atom. The second kappa shape index (κ2) is 8.38. The third-order valence-electron chi connectivity index (χ3n) is 5.81. The molecule has 0 radical (unpaired) electrons. The van der Waals surface area contributed by atoms with Gasteiger partial charge in [-0.1, -0.05) is 24.3 Å². The normalized spacial score (nSPS) is 12.7. The molecule has 0 saturated heterocycles. The molecule has 0 spiro atoms. The van der Waals surface area contributed by atoms with Crippen LogP contribution in [0.5, 0.6) is 17.2 Å². The fourth-order valence-corrected chi connectivity index (χ4v) is 5.25. The van der Waals surface area contributed by atoms with E-state index in [4.69, 9.17) is 0 Å². The maximum Gasteiger partial charge on any atom is 0.296 e. The summed E-state index contributed by atoms with van der Waals surface area (Å²) in [7, 11) is -9.59. The summed E-state index contributed by atoms with van der Waals surface area (Å²) in [6.45, 7) is 0. The van der Waals surface area contributed by atoms with E-state index in [2.05, 4.69) is 10.2 Å². The molecule has 0 aliphatic carbocycles. The Hall–Kier alpha value is -4.30. The highest BCUT2D eigenvalue weighted by Gasteiger charge is 2.23. The van der Waals surface area contributed by atoms with Crippen molar-refractivity contribution in [1.29, 1.82) is 0 Å². The van der Waals surface area contributed by atoms with Crippen LogP contribution in [0.25, 0.3) is 32.3 Å². The molecule has 0 saturated carbocycles. The molecule has 0 unspecified atom stereocenters. The third kappa shape index (κ3) is 4.19. The van der Waals surface area contributed by atoms with Gasteiger partial charge in [0.15, 0.2) is 5.75 Å². The Balaban J connectivity index is 1.69. The van der Waals surface area contributed by atoms with Crippen LogP contribution in [0.3, 0.4) is 0 Å². The highest BCUT2D eigenvalue weighted by Crippen LogP contribution is 2.44. The van der Waals surface area contributed by atoms with E-state index >= 15 is 0 Å². The van der Waals surface area contributed by atoms with E-state index in [0.717, 1.165) is 24.3 Å². The van der Waals surface area contributed by atoms with Crippen molar-refractivity contribution >= 4 is 63.9 Å². The molecule has 0 aromatic heterocycles. The summed E-state index contributed by atoms with van der Waals surface area (Å²) in [4.78, 5) is -1.41. The predicted octanol–water partition coefficient (Wildman–Crippen LogP) is 5.17. The minimum Gasteiger partial charge on any atom is -0.507 e. The van der Waals surface area contributed by atoms with E-state index in [1.54, 1.807) is 24.3 Å². The molecule has 188 valence electrons. The predicted molar refractivity (Wildman–Crippen MR) is 134 cm³/mol. The highest BCUT2D eigenvalue weighted by molar-refractivity contribution is 7.86. The van der Waals surface area contributed by atoms with Gasteiger partial charge in [-0.15, -0.1) is 5.11 Å². The Kier molecular flexibility index (Phi) is 5.53. The average molecular weight is 541 g/mol. The maximum atomic E-state index is 12.0. The van der Waals surface area contributed by atoms with Crippen molar-refractivity contribution in [2.24, 2.45) is 10.2 Å². The number of hydrogen-bond acceptors (Lipinski definition) is 9. The molecule has 0 fully saturated rings. The Morgan fingerprint density at radius 3 is 1.78 bits per heavy atom. The number of nitrogens with zero attached hydrogens (tertiary/aromatic N) is 2. The van der Waals surface area contributed by atoms with Crippen molar-refractivity contribution in [3.8, 4) is 17.2 Å². The van der Waals surface area contributed by atoms with Gasteiger partial charge in [-0.3, -0.25) is 9.11 Å². The molecule has 5 aromatic rings. The number of aromatic hydroxyl groups is 3. The van der Waals surface area contributed by atoms with Gasteiger partial charge in [0.1, 0.15) is 22.1 Å². The molecular weight excluding hydrogens is 524 g/mol. The molecule has 0 aliphatic rings. The SMILES string of the molecule is O=S(=O)(O)c1ccc2c(O)c(N=Nc3ccc4c(O)c5ccccc5c(O)c4c3)c(S(=O)(=O)O)cc2c1. The van der Waals surface area contributed by atoms with Crippen LogP contribution in [-0.4, -0.2) is 41.3 Å².